The molecule has 1 aliphatic carbocycles. The van der Waals surface area contributed by atoms with Gasteiger partial charge in [0, 0.05) is 11.0 Å². The lowest BCUT2D eigenvalue weighted by atomic mass is 9.91. The van der Waals surface area contributed by atoms with Crippen LogP contribution in [0.5, 0.6) is 0 Å². The third kappa shape index (κ3) is 2.11. The molecule has 2 nitrogen and oxygen atoms in total. The van der Waals surface area contributed by atoms with E-state index in [1.165, 1.54) is 0 Å². The Hall–Kier alpha value is 0.470. The number of rotatable bonds is 1. The van der Waals surface area contributed by atoms with E-state index in [2.05, 4.69) is 12.2 Å². The van der Waals surface area contributed by atoms with Crippen molar-refractivity contribution in [2.45, 2.75) is 19.0 Å². The molecule has 1 rings (SSSR count). The molecule has 0 aromatic carbocycles. The Labute approximate surface area is 89.0 Å². The van der Waals surface area contributed by atoms with Crippen LogP contribution in [0.25, 0.3) is 0 Å². The standard InChI is InChI=1S/C8H13ClO2PS/c1-6-5-7(9)3-4-8(6,2)12(10,11)13/h3-6,10-11,13H,1-2H3/q+1. The van der Waals surface area contributed by atoms with Gasteiger partial charge in [-0.2, -0.15) is 0 Å². The Morgan fingerprint density at radius 1 is 1.62 bits per heavy atom. The van der Waals surface area contributed by atoms with Crippen molar-refractivity contribution < 1.29 is 9.79 Å². The first-order chi connectivity index (χ1) is 5.77. The molecule has 2 atom stereocenters. The lowest BCUT2D eigenvalue weighted by Gasteiger charge is -2.32. The molecule has 1 aliphatic rings. The van der Waals surface area contributed by atoms with Crippen molar-refractivity contribution in [3.05, 3.63) is 23.3 Å². The maximum atomic E-state index is 9.57. The molecule has 0 bridgehead atoms. The average Bonchev–Trinajstić information content (AvgIpc) is 1.95. The highest BCUT2D eigenvalue weighted by Crippen LogP contribution is 2.70. The summed E-state index contributed by atoms with van der Waals surface area (Å²) in [5.41, 5.74) is 0. The van der Waals surface area contributed by atoms with Gasteiger partial charge in [-0.05, 0) is 19.1 Å². The minimum atomic E-state index is -3.18. The van der Waals surface area contributed by atoms with Gasteiger partial charge in [0.2, 0.25) is 0 Å². The first-order valence-electron chi connectivity index (χ1n) is 3.91. The van der Waals surface area contributed by atoms with Gasteiger partial charge in [0.15, 0.2) is 5.16 Å². The summed E-state index contributed by atoms with van der Waals surface area (Å²) in [6.07, 6.45) is 5.21. The van der Waals surface area contributed by atoms with E-state index < -0.39 is 12.1 Å². The molecule has 0 saturated carbocycles. The zero-order valence-corrected chi connectivity index (χ0v) is 10.0. The molecule has 74 valence electrons. The van der Waals surface area contributed by atoms with Crippen LogP contribution in [0.2, 0.25) is 0 Å². The van der Waals surface area contributed by atoms with Gasteiger partial charge in [-0.15, -0.1) is 0 Å². The lowest BCUT2D eigenvalue weighted by molar-refractivity contribution is 0.412. The van der Waals surface area contributed by atoms with Gasteiger partial charge in [0.1, 0.15) is 0 Å². The summed E-state index contributed by atoms with van der Waals surface area (Å²) >= 11 is 9.66. The molecular formula is C8H13ClO2PS+. The second-order valence-electron chi connectivity index (χ2n) is 3.47. The topological polar surface area (TPSA) is 40.5 Å². The SMILES string of the molecule is CC1C=C(Cl)C=CC1(C)[P+](O)(O)S. The van der Waals surface area contributed by atoms with Crippen LogP contribution in [-0.2, 0) is 0 Å². The Morgan fingerprint density at radius 2 is 2.15 bits per heavy atom. The highest BCUT2D eigenvalue weighted by molar-refractivity contribution is 8.49. The molecule has 13 heavy (non-hydrogen) atoms. The Bertz CT molecular complexity index is 272. The van der Waals surface area contributed by atoms with Crippen molar-refractivity contribution in [1.82, 2.24) is 0 Å². The molecule has 0 fully saturated rings. The van der Waals surface area contributed by atoms with Crippen LogP contribution in [0, 0.1) is 5.92 Å². The largest absolute Gasteiger partial charge is 0.334 e. The number of hydrogen-bond acceptors (Lipinski definition) is 3. The normalized spacial score (nSPS) is 34.6. The number of allylic oxidation sites excluding steroid dienone is 4. The molecule has 5 heteroatoms. The summed E-state index contributed by atoms with van der Waals surface area (Å²) in [7, 11) is 0. The molecule has 2 N–H and O–H groups in total. The molecular weight excluding hydrogens is 227 g/mol. The fraction of sp³-hybridized carbons (Fsp3) is 0.500. The van der Waals surface area contributed by atoms with Gasteiger partial charge >= 0.3 is 6.92 Å². The van der Waals surface area contributed by atoms with E-state index in [1.54, 1.807) is 25.2 Å². The molecule has 0 heterocycles. The van der Waals surface area contributed by atoms with E-state index >= 15 is 0 Å². The molecule has 0 radical (unpaired) electrons. The van der Waals surface area contributed by atoms with Crippen LogP contribution in [0.4, 0.5) is 0 Å². The van der Waals surface area contributed by atoms with Gasteiger partial charge in [-0.3, -0.25) is 0 Å². The van der Waals surface area contributed by atoms with E-state index in [0.717, 1.165) is 0 Å². The minimum absolute atomic E-state index is 0.0224. The smallest absolute Gasteiger partial charge is 0.208 e. The van der Waals surface area contributed by atoms with Crippen molar-refractivity contribution in [2.24, 2.45) is 5.92 Å². The van der Waals surface area contributed by atoms with Crippen molar-refractivity contribution in [3.63, 3.8) is 0 Å². The Morgan fingerprint density at radius 3 is 2.54 bits per heavy atom. The molecule has 2 unspecified atom stereocenters. The maximum Gasteiger partial charge on any atom is 0.334 e. The van der Waals surface area contributed by atoms with Gasteiger partial charge < -0.3 is 0 Å². The summed E-state index contributed by atoms with van der Waals surface area (Å²) in [5.74, 6) is -0.0224. The van der Waals surface area contributed by atoms with Crippen molar-refractivity contribution in [3.8, 4) is 0 Å². The third-order valence-corrected chi connectivity index (χ3v) is 5.95. The second-order valence-corrected chi connectivity index (χ2v) is 7.68. The van der Waals surface area contributed by atoms with E-state index in [-0.39, 0.29) is 5.92 Å². The fourth-order valence-corrected chi connectivity index (χ4v) is 3.13. The minimum Gasteiger partial charge on any atom is -0.208 e. The van der Waals surface area contributed by atoms with Crippen molar-refractivity contribution in [1.29, 1.82) is 0 Å². The first-order valence-corrected chi connectivity index (χ1v) is 7.14. The highest BCUT2D eigenvalue weighted by Gasteiger charge is 2.54. The highest BCUT2D eigenvalue weighted by atomic mass is 35.5. The molecule has 0 saturated heterocycles. The molecule has 0 aliphatic heterocycles. The first kappa shape index (κ1) is 11.5. The molecule has 0 amide bonds. The van der Waals surface area contributed by atoms with Crippen LogP contribution >= 0.6 is 30.8 Å². The van der Waals surface area contributed by atoms with Crippen molar-refractivity contribution >= 4 is 30.8 Å². The quantitative estimate of drug-likeness (QED) is 0.487. The van der Waals surface area contributed by atoms with Gasteiger partial charge in [-0.25, -0.2) is 9.79 Å². The summed E-state index contributed by atoms with van der Waals surface area (Å²) in [4.78, 5) is 19.1. The lowest BCUT2D eigenvalue weighted by Crippen LogP contribution is -2.32. The summed E-state index contributed by atoms with van der Waals surface area (Å²) in [5, 5.41) is -0.0686. The predicted octanol–water partition coefficient (Wildman–Crippen LogP) is 2.75. The fourth-order valence-electron chi connectivity index (χ4n) is 1.24. The average molecular weight is 240 g/mol. The second kappa shape index (κ2) is 3.56. The third-order valence-electron chi connectivity index (χ3n) is 2.56. The summed E-state index contributed by atoms with van der Waals surface area (Å²) in [6.45, 7) is 0.484. The van der Waals surface area contributed by atoms with Crippen LogP contribution in [-0.4, -0.2) is 14.9 Å². The Balaban J connectivity index is 3.03. The maximum absolute atomic E-state index is 9.57. The van der Waals surface area contributed by atoms with Gasteiger partial charge in [-0.1, -0.05) is 24.6 Å². The van der Waals surface area contributed by atoms with Crippen LogP contribution in [0.15, 0.2) is 23.3 Å². The number of thiol groups is 1. The summed E-state index contributed by atoms with van der Waals surface area (Å²) < 4.78 is 0. The van der Waals surface area contributed by atoms with Gasteiger partial charge in [0.25, 0.3) is 0 Å². The van der Waals surface area contributed by atoms with E-state index in [4.69, 9.17) is 11.6 Å². The predicted molar refractivity (Wildman–Crippen MR) is 61.0 cm³/mol. The van der Waals surface area contributed by atoms with Crippen molar-refractivity contribution in [2.75, 3.05) is 0 Å². The van der Waals surface area contributed by atoms with Crippen LogP contribution in [0.3, 0.4) is 0 Å². The number of halogens is 1. The summed E-state index contributed by atoms with van der Waals surface area (Å²) in [6, 6.07) is 0. The molecule has 0 aromatic rings. The van der Waals surface area contributed by atoms with E-state index in [1.807, 2.05) is 6.92 Å². The Kier molecular flexibility index (Phi) is 3.16. The monoisotopic (exact) mass is 239 g/mol. The molecule has 0 spiro atoms. The number of hydrogen-bond donors (Lipinski definition) is 3. The van der Waals surface area contributed by atoms with E-state index in [0.29, 0.717) is 5.03 Å². The molecule has 0 aromatic heterocycles. The van der Waals surface area contributed by atoms with E-state index in [9.17, 15) is 9.79 Å². The zero-order valence-electron chi connectivity index (χ0n) is 7.48. The van der Waals surface area contributed by atoms with Crippen LogP contribution in [0.1, 0.15) is 13.8 Å². The zero-order chi connectivity index (χ0) is 10.3. The van der Waals surface area contributed by atoms with Gasteiger partial charge in [0.05, 0.1) is 12.2 Å². The van der Waals surface area contributed by atoms with Crippen LogP contribution < -0.4 is 0 Å².